The van der Waals surface area contributed by atoms with Crippen LogP contribution in [-0.4, -0.2) is 35.4 Å². The lowest BCUT2D eigenvalue weighted by Gasteiger charge is -2.21. The summed E-state index contributed by atoms with van der Waals surface area (Å²) in [6, 6.07) is 16.8. The molecule has 0 bridgehead atoms. The first-order valence-electron chi connectivity index (χ1n) is 10.7. The normalized spacial score (nSPS) is 14.5. The SMILES string of the molecule is O=C(NCCCOC1CCCCC1)c1ccc(-c2nnc(-c3ccccc3)o2)cc1. The van der Waals surface area contributed by atoms with Gasteiger partial charge in [-0.05, 0) is 55.7 Å². The average Bonchev–Trinajstić information content (AvgIpc) is 3.30. The van der Waals surface area contributed by atoms with E-state index < -0.39 is 0 Å². The lowest BCUT2D eigenvalue weighted by molar-refractivity contribution is 0.0273. The molecule has 0 unspecified atom stereocenters. The third-order valence-electron chi connectivity index (χ3n) is 5.35. The molecule has 1 aliphatic carbocycles. The standard InChI is InChI=1S/C24H27N3O3/c28-22(25-16-7-17-29-21-10-5-2-6-11-21)18-12-14-20(15-13-18)24-27-26-23(30-24)19-8-3-1-4-9-19/h1,3-4,8-9,12-15,21H,2,5-7,10-11,16-17H2,(H,25,28). The number of hydrogen-bond donors (Lipinski definition) is 1. The first kappa shape index (κ1) is 20.3. The van der Waals surface area contributed by atoms with Gasteiger partial charge in [0.05, 0.1) is 6.10 Å². The molecule has 156 valence electrons. The van der Waals surface area contributed by atoms with E-state index in [2.05, 4.69) is 15.5 Å². The average molecular weight is 405 g/mol. The van der Waals surface area contributed by atoms with Gasteiger partial charge in [-0.25, -0.2) is 0 Å². The molecule has 6 heteroatoms. The van der Waals surface area contributed by atoms with Gasteiger partial charge >= 0.3 is 0 Å². The van der Waals surface area contributed by atoms with Crippen LogP contribution in [0.2, 0.25) is 0 Å². The minimum Gasteiger partial charge on any atom is -0.416 e. The number of aromatic nitrogens is 2. The van der Waals surface area contributed by atoms with Gasteiger partial charge in [-0.1, -0.05) is 37.5 Å². The van der Waals surface area contributed by atoms with Gasteiger partial charge in [-0.2, -0.15) is 0 Å². The second-order valence-corrected chi connectivity index (χ2v) is 7.60. The molecule has 6 nitrogen and oxygen atoms in total. The molecule has 1 saturated carbocycles. The van der Waals surface area contributed by atoms with Gasteiger partial charge < -0.3 is 14.5 Å². The van der Waals surface area contributed by atoms with Crippen molar-refractivity contribution in [1.29, 1.82) is 0 Å². The molecular weight excluding hydrogens is 378 g/mol. The molecule has 0 spiro atoms. The smallest absolute Gasteiger partial charge is 0.251 e. The molecule has 30 heavy (non-hydrogen) atoms. The number of ether oxygens (including phenoxy) is 1. The lowest BCUT2D eigenvalue weighted by atomic mass is 9.98. The van der Waals surface area contributed by atoms with E-state index >= 15 is 0 Å². The predicted molar refractivity (Wildman–Crippen MR) is 115 cm³/mol. The van der Waals surface area contributed by atoms with Crippen molar-refractivity contribution in [3.63, 3.8) is 0 Å². The maximum atomic E-state index is 12.3. The Morgan fingerprint density at radius 2 is 1.60 bits per heavy atom. The van der Waals surface area contributed by atoms with Crippen LogP contribution < -0.4 is 5.32 Å². The zero-order valence-corrected chi connectivity index (χ0v) is 17.0. The van der Waals surface area contributed by atoms with E-state index in [0.29, 0.717) is 36.6 Å². The summed E-state index contributed by atoms with van der Waals surface area (Å²) in [5.74, 6) is 0.818. The number of hydrogen-bond acceptors (Lipinski definition) is 5. The molecule has 1 amide bonds. The second kappa shape index (κ2) is 10.2. The molecule has 1 heterocycles. The van der Waals surface area contributed by atoms with Crippen LogP contribution in [0.1, 0.15) is 48.9 Å². The molecule has 2 aromatic carbocycles. The maximum absolute atomic E-state index is 12.3. The van der Waals surface area contributed by atoms with E-state index in [1.54, 1.807) is 12.1 Å². The molecule has 4 rings (SSSR count). The van der Waals surface area contributed by atoms with Crippen molar-refractivity contribution in [1.82, 2.24) is 15.5 Å². The number of rotatable bonds is 8. The Bertz CT molecular complexity index is 932. The van der Waals surface area contributed by atoms with Gasteiger partial charge in [0.2, 0.25) is 11.8 Å². The topological polar surface area (TPSA) is 77.2 Å². The Morgan fingerprint density at radius 3 is 2.30 bits per heavy atom. The number of benzene rings is 2. The van der Waals surface area contributed by atoms with Gasteiger partial charge in [-0.3, -0.25) is 4.79 Å². The Balaban J connectivity index is 1.25. The second-order valence-electron chi connectivity index (χ2n) is 7.60. The number of amides is 1. The molecule has 1 aliphatic rings. The van der Waals surface area contributed by atoms with Crippen molar-refractivity contribution in [2.24, 2.45) is 0 Å². The zero-order chi connectivity index (χ0) is 20.6. The van der Waals surface area contributed by atoms with Crippen molar-refractivity contribution >= 4 is 5.91 Å². The summed E-state index contributed by atoms with van der Waals surface area (Å²) in [6.07, 6.45) is 7.45. The molecule has 0 atom stereocenters. The number of carbonyl (C=O) groups is 1. The van der Waals surface area contributed by atoms with Crippen molar-refractivity contribution in [2.45, 2.75) is 44.6 Å². The summed E-state index contributed by atoms with van der Waals surface area (Å²) in [5.41, 5.74) is 2.26. The van der Waals surface area contributed by atoms with E-state index in [4.69, 9.17) is 9.15 Å². The highest BCUT2D eigenvalue weighted by molar-refractivity contribution is 5.94. The zero-order valence-electron chi connectivity index (χ0n) is 17.0. The van der Waals surface area contributed by atoms with E-state index in [9.17, 15) is 4.79 Å². The van der Waals surface area contributed by atoms with Crippen LogP contribution in [0.5, 0.6) is 0 Å². The maximum Gasteiger partial charge on any atom is 0.251 e. The van der Waals surface area contributed by atoms with Crippen LogP contribution in [0.3, 0.4) is 0 Å². The minimum atomic E-state index is -0.0882. The highest BCUT2D eigenvalue weighted by Gasteiger charge is 2.14. The number of nitrogens with one attached hydrogen (secondary N) is 1. The van der Waals surface area contributed by atoms with Gasteiger partial charge in [0, 0.05) is 29.8 Å². The lowest BCUT2D eigenvalue weighted by Crippen LogP contribution is -2.26. The van der Waals surface area contributed by atoms with Crippen molar-refractivity contribution in [3.05, 3.63) is 60.2 Å². The fourth-order valence-electron chi connectivity index (χ4n) is 3.66. The molecule has 0 radical (unpaired) electrons. The fraction of sp³-hybridized carbons (Fsp3) is 0.375. The Kier molecular flexibility index (Phi) is 6.87. The minimum absolute atomic E-state index is 0.0882. The summed E-state index contributed by atoms with van der Waals surface area (Å²) >= 11 is 0. The van der Waals surface area contributed by atoms with Crippen LogP contribution in [-0.2, 0) is 4.74 Å². The van der Waals surface area contributed by atoms with Gasteiger partial charge in [0.15, 0.2) is 0 Å². The van der Waals surface area contributed by atoms with Crippen LogP contribution in [0, 0.1) is 0 Å². The van der Waals surface area contributed by atoms with Crippen molar-refractivity contribution < 1.29 is 13.9 Å². The predicted octanol–water partition coefficient (Wildman–Crippen LogP) is 4.87. The number of carbonyl (C=O) groups excluding carboxylic acids is 1. The van der Waals surface area contributed by atoms with Crippen LogP contribution in [0.25, 0.3) is 22.9 Å². The summed E-state index contributed by atoms with van der Waals surface area (Å²) < 4.78 is 11.7. The quantitative estimate of drug-likeness (QED) is 0.541. The van der Waals surface area contributed by atoms with Gasteiger partial charge in [-0.15, -0.1) is 10.2 Å². The molecule has 1 N–H and O–H groups in total. The summed E-state index contributed by atoms with van der Waals surface area (Å²) in [4.78, 5) is 12.3. The van der Waals surface area contributed by atoms with Crippen molar-refractivity contribution in [2.75, 3.05) is 13.2 Å². The summed E-state index contributed by atoms with van der Waals surface area (Å²) in [5, 5.41) is 11.2. The molecule has 3 aromatic rings. The van der Waals surface area contributed by atoms with E-state index in [-0.39, 0.29) is 5.91 Å². The number of nitrogens with zero attached hydrogens (tertiary/aromatic N) is 2. The summed E-state index contributed by atoms with van der Waals surface area (Å²) in [6.45, 7) is 1.31. The highest BCUT2D eigenvalue weighted by Crippen LogP contribution is 2.24. The highest BCUT2D eigenvalue weighted by atomic mass is 16.5. The largest absolute Gasteiger partial charge is 0.416 e. The van der Waals surface area contributed by atoms with E-state index in [0.717, 1.165) is 17.5 Å². The third kappa shape index (κ3) is 5.33. The first-order valence-corrected chi connectivity index (χ1v) is 10.7. The van der Waals surface area contributed by atoms with Crippen molar-refractivity contribution in [3.8, 4) is 22.9 Å². The Hall–Kier alpha value is -2.99. The van der Waals surface area contributed by atoms with E-state index in [1.165, 1.54) is 32.1 Å². The molecule has 1 aromatic heterocycles. The van der Waals surface area contributed by atoms with E-state index in [1.807, 2.05) is 42.5 Å². The molecule has 0 aliphatic heterocycles. The van der Waals surface area contributed by atoms with Crippen LogP contribution >= 0.6 is 0 Å². The molecule has 1 fully saturated rings. The molecule has 0 saturated heterocycles. The Labute approximate surface area is 176 Å². The fourth-order valence-corrected chi connectivity index (χ4v) is 3.66. The Morgan fingerprint density at radius 1 is 0.933 bits per heavy atom. The van der Waals surface area contributed by atoms with Crippen LogP contribution in [0.4, 0.5) is 0 Å². The van der Waals surface area contributed by atoms with Gasteiger partial charge in [0.25, 0.3) is 5.91 Å². The molecular formula is C24H27N3O3. The summed E-state index contributed by atoms with van der Waals surface area (Å²) in [7, 11) is 0. The third-order valence-corrected chi connectivity index (χ3v) is 5.35. The monoisotopic (exact) mass is 405 g/mol. The van der Waals surface area contributed by atoms with Gasteiger partial charge in [0.1, 0.15) is 0 Å². The van der Waals surface area contributed by atoms with Crippen LogP contribution in [0.15, 0.2) is 59.0 Å². The first-order chi connectivity index (χ1) is 14.8.